The smallest absolute Gasteiger partial charge is 0.454 e. The number of rotatable bonds is 48. The van der Waals surface area contributed by atoms with Crippen molar-refractivity contribution in [2.75, 3.05) is 45.9 Å². The zero-order chi connectivity index (χ0) is 115. The number of aryl methyl sites for hydroxylation is 1. The summed E-state index contributed by atoms with van der Waals surface area (Å²) in [5.41, 5.74) is 3.73. The fourth-order valence-corrected chi connectivity index (χ4v) is 16.0. The minimum atomic E-state index is -0.599. The van der Waals surface area contributed by atoms with Gasteiger partial charge in [0.1, 0.15) is 29.1 Å². The highest BCUT2D eigenvalue weighted by Crippen LogP contribution is 2.36. The molecule has 2 aromatic carbocycles. The molecule has 880 valence electrons. The van der Waals surface area contributed by atoms with Gasteiger partial charge in [0.05, 0.1) is 18.8 Å². The van der Waals surface area contributed by atoms with Crippen LogP contribution in [0.1, 0.15) is 601 Å². The molecule has 3 aliphatic rings. The minimum absolute atomic E-state index is 0.0521. The van der Waals surface area contributed by atoms with Crippen molar-refractivity contribution < 1.29 is 36.7 Å². The number of esters is 1. The maximum atomic E-state index is 11.4. The van der Waals surface area contributed by atoms with E-state index in [9.17, 15) is 19.2 Å². The number of carbonyl (C=O) groups excluding carboxylic acids is 2. The van der Waals surface area contributed by atoms with E-state index in [1.165, 1.54) is 237 Å². The summed E-state index contributed by atoms with van der Waals surface area (Å²) in [6.07, 6.45) is 52.3. The van der Waals surface area contributed by atoms with Gasteiger partial charge in [-0.05, 0) is 188 Å². The van der Waals surface area contributed by atoms with E-state index in [-0.39, 0.29) is 18.0 Å². The Morgan fingerprint density at radius 3 is 1.07 bits per heavy atom. The van der Waals surface area contributed by atoms with Gasteiger partial charge in [0.15, 0.2) is 0 Å². The summed E-state index contributed by atoms with van der Waals surface area (Å²) in [6, 6.07) is 18.2. The Morgan fingerprint density at radius 2 is 0.736 bits per heavy atom. The summed E-state index contributed by atoms with van der Waals surface area (Å²) in [5.74, 6) is 17.4. The van der Waals surface area contributed by atoms with E-state index >= 15 is 0 Å². The summed E-state index contributed by atoms with van der Waals surface area (Å²) in [4.78, 5) is 48.6. The molecule has 4 heterocycles. The van der Waals surface area contributed by atoms with Crippen LogP contribution >= 0.6 is 0 Å². The molecule has 148 heavy (non-hydrogen) atoms. The van der Waals surface area contributed by atoms with Crippen LogP contribution in [0.5, 0.6) is 0 Å². The quantitative estimate of drug-likeness (QED) is 0.0308. The van der Waals surface area contributed by atoms with Gasteiger partial charge in [-0.2, -0.15) is 0 Å². The molecule has 0 bridgehead atoms. The summed E-state index contributed by atoms with van der Waals surface area (Å²) in [7, 11) is 0. The first-order valence-corrected chi connectivity index (χ1v) is 62.3. The Labute approximate surface area is 926 Å². The highest BCUT2D eigenvalue weighted by Gasteiger charge is 2.32. The fourth-order valence-electron chi connectivity index (χ4n) is 16.0. The van der Waals surface area contributed by atoms with Gasteiger partial charge in [-0.1, -0.05) is 559 Å². The van der Waals surface area contributed by atoms with Gasteiger partial charge in [0.2, 0.25) is 5.91 Å². The van der Waals surface area contributed by atoms with Crippen LogP contribution in [0.4, 0.5) is 0 Å². The number of carbonyl (C=O) groups is 2. The summed E-state index contributed by atoms with van der Waals surface area (Å²) in [6.45, 7) is 113. The minimum Gasteiger partial charge on any atom is -0.454 e. The van der Waals surface area contributed by atoms with Crippen LogP contribution in [0.15, 0.2) is 81.9 Å². The second-order valence-electron chi connectivity index (χ2n) is 52.0. The number of unbranched alkanes of at least 4 members (excludes halogenated alkanes) is 9. The number of benzene rings is 2. The average molecular weight is 2090 g/mol. The monoisotopic (exact) mass is 2090 g/mol. The average Bonchev–Trinajstić information content (AvgIpc) is 1.66. The van der Waals surface area contributed by atoms with Crippen LogP contribution in [0.3, 0.4) is 0 Å². The summed E-state index contributed by atoms with van der Waals surface area (Å²) >= 11 is 0. The van der Waals surface area contributed by atoms with Crippen LogP contribution in [-0.2, 0) is 40.0 Å². The number of ether oxygens (including phenoxy) is 2. The van der Waals surface area contributed by atoms with Gasteiger partial charge in [-0.15, -0.1) is 0 Å². The molecule has 7 rings (SSSR count). The molecule has 4 aromatic rings. The molecule has 2 aliphatic heterocycles. The van der Waals surface area contributed by atoms with Crippen molar-refractivity contribution in [3.63, 3.8) is 0 Å². The Hall–Kier alpha value is -4.68. The molecule has 12 heteroatoms. The third-order valence-electron chi connectivity index (χ3n) is 25.9. The van der Waals surface area contributed by atoms with Gasteiger partial charge in [0.25, 0.3) is 0 Å². The van der Waals surface area contributed by atoms with Crippen molar-refractivity contribution in [3.05, 3.63) is 116 Å². The third kappa shape index (κ3) is 118. The Kier molecular flexibility index (Phi) is 113. The van der Waals surface area contributed by atoms with E-state index in [0.717, 1.165) is 170 Å². The van der Waals surface area contributed by atoms with Crippen LogP contribution in [-0.4, -0.2) is 67.6 Å². The Morgan fingerprint density at radius 1 is 0.372 bits per heavy atom. The highest BCUT2D eigenvalue weighted by molar-refractivity contribution is 5.94. The van der Waals surface area contributed by atoms with Crippen molar-refractivity contribution in [2.45, 2.75) is 589 Å². The first-order valence-electron chi connectivity index (χ1n) is 62.3. The first-order chi connectivity index (χ1) is 69.2. The molecule has 12 nitrogen and oxygen atoms in total. The summed E-state index contributed by atoms with van der Waals surface area (Å²) < 4.78 is 30.0. The van der Waals surface area contributed by atoms with Crippen molar-refractivity contribution in [1.29, 1.82) is 0 Å². The number of hydrogen-bond acceptors (Lipinski definition) is 11. The maximum Gasteiger partial charge on any atom is 0.519 e. The van der Waals surface area contributed by atoms with Gasteiger partial charge in [0, 0.05) is 57.4 Å². The second kappa shape index (κ2) is 105. The van der Waals surface area contributed by atoms with Gasteiger partial charge in [-0.3, -0.25) is 9.69 Å². The molecule has 1 unspecified atom stereocenters. The van der Waals surface area contributed by atoms with E-state index in [2.05, 4.69) is 347 Å². The van der Waals surface area contributed by atoms with E-state index in [0.29, 0.717) is 52.9 Å². The fraction of sp³-hybridized carbons (Fsp3) is 0.853. The highest BCUT2D eigenvalue weighted by atomic mass is 16.6. The van der Waals surface area contributed by atoms with Crippen molar-refractivity contribution in [1.82, 2.24) is 9.80 Å². The van der Waals surface area contributed by atoms with Crippen molar-refractivity contribution in [3.8, 4) is 0 Å². The molecule has 1 saturated heterocycles. The number of cyclic esters (lactones) is 1. The third-order valence-corrected chi connectivity index (χ3v) is 25.9. The molecule has 2 fully saturated rings. The van der Waals surface area contributed by atoms with E-state index < -0.39 is 11.6 Å². The molecular formula is C136H266N2O10. The zero-order valence-electron chi connectivity index (χ0n) is 109. The molecular weight excluding hydrogens is 1820 g/mol. The van der Waals surface area contributed by atoms with Gasteiger partial charge < -0.3 is 32.0 Å². The lowest BCUT2D eigenvalue weighted by atomic mass is 9.85. The van der Waals surface area contributed by atoms with Crippen LogP contribution in [0.25, 0.3) is 0 Å². The second-order valence-corrected chi connectivity index (χ2v) is 52.0. The van der Waals surface area contributed by atoms with E-state index in [4.69, 9.17) is 27.1 Å². The maximum absolute atomic E-state index is 11.4. The molecule has 0 N–H and O–H groups in total. The lowest BCUT2D eigenvalue weighted by Gasteiger charge is -2.26. The summed E-state index contributed by atoms with van der Waals surface area (Å²) in [5, 5.41) is 0. The predicted octanol–water partition coefficient (Wildman–Crippen LogP) is 43.5. The lowest BCUT2D eigenvalue weighted by molar-refractivity contribution is -0.131. The zero-order valence-corrected chi connectivity index (χ0v) is 109. The molecule has 2 aromatic heterocycles. The predicted molar refractivity (Wildman–Crippen MR) is 659 cm³/mol. The van der Waals surface area contributed by atoms with Crippen molar-refractivity contribution in [2.24, 2.45) is 124 Å². The van der Waals surface area contributed by atoms with E-state index in [1.807, 2.05) is 43.0 Å². The molecule has 1 aliphatic carbocycles. The number of nitrogens with zero attached hydrogens (tertiary/aromatic N) is 2. The van der Waals surface area contributed by atoms with E-state index in [1.54, 1.807) is 6.92 Å². The Bertz CT molecular complexity index is 3400. The normalized spacial score (nSPS) is 13.3. The molecule has 1 atom stereocenters. The molecule has 1 amide bonds. The topological polar surface area (TPSA) is 146 Å². The molecule has 0 radical (unpaired) electrons. The molecule has 0 spiro atoms. The Balaban J connectivity index is -0.000000238. The largest absolute Gasteiger partial charge is 0.519 e. The lowest BCUT2D eigenvalue weighted by Crippen LogP contribution is -2.37. The number of morpholine rings is 1. The molecule has 1 saturated carbocycles. The van der Waals surface area contributed by atoms with Crippen LogP contribution < -0.4 is 11.6 Å². The number of hydrogen-bond donors (Lipinski definition) is 0. The number of amides is 1. The standard InChI is InChI=1S/C11H18O3.C11H12O2.C11H22.C10H14.C10H22.2C9H19NO.4C9H20.C8H12O3.2C8H18.C5H12/c1-7(2)5-9-10(6-8(3)4)14-11(12)13-9;1-7(2)10-8-5-3-4-6-9(8)11(12)13-10;1-10(2)8-9-11-6-4-3-5-7-11;1-9(2)8-10-6-4-3-5-7-10;1-4-5-6-7-8-9-10(2)3;1-9(2)3-4-10-5-7-11-8-6-10;1-5-10(6-2)9(11)7-8(3)4;1-8(2)6-7-9(3,4)5;1-8(2)6-5-7-9(3)4;1-5-9(6-2)7-8(3)4;1-4-5-6-7-8-9(2)3;1-5(2)4-7-6(3)10-8(9)11-7;1-7(2)5-6-8(3)4;1-4-5-6-7-8(2)3;1-4-5(2)3/h7-8H,5-6H2,1-4H3;3-7,10H,1-2H3;10-11H,3-9H2,1-2H3;3-7,9H,8H2,1-2H3;10H,4-9H2,1-3H3;9H,3-8H2,1-2H3;8H,5-7H2,1-4H3;8H,6-7H2,1-5H3;2*8-9H,5-7H2,1-4H3;9H,4-8H2,1-3H3;5H,4H2,1-3H3;7-8H,5-6H2,1-4H3;8H,4-7H2,1-3H3;5H,4H2,1-3H3. The first kappa shape index (κ1) is 159. The van der Waals surface area contributed by atoms with Crippen LogP contribution in [0, 0.1) is 131 Å². The van der Waals surface area contributed by atoms with Crippen molar-refractivity contribution >= 4 is 11.9 Å². The SMILES string of the molecule is CC(C)C1OC(=O)c2ccccc21.CC(C)CCC(C)(C)C.CC(C)CCC(C)C.CC(C)CCC1CCCCC1.CC(C)CCCC(C)C.CC(C)CCN1CCOCC1.CC(C)Cc1ccccc1.CC(C)Cc1oc(=O)oc1CC(C)C.CCC(C)C.CCC(CC)CC(C)C.CCCCCC(C)C.CCCCCCC(C)C.CCCCCCCC(C)C.CCN(CC)C(=O)CC(C)C.Cc1oc(=O)oc1CC(C)C. The number of fused-ring (bicyclic) bond motifs is 1. The van der Waals surface area contributed by atoms with Gasteiger partial charge >= 0.3 is 17.6 Å². The van der Waals surface area contributed by atoms with Gasteiger partial charge in [-0.25, -0.2) is 14.4 Å². The van der Waals surface area contributed by atoms with Crippen LogP contribution in [0.2, 0.25) is 0 Å².